The van der Waals surface area contributed by atoms with Gasteiger partial charge in [-0.05, 0) is 17.7 Å². The molecule has 0 atom stereocenters. The summed E-state index contributed by atoms with van der Waals surface area (Å²) in [6.07, 6.45) is 0.455. The second-order valence-corrected chi connectivity index (χ2v) is 7.65. The van der Waals surface area contributed by atoms with E-state index in [1.807, 2.05) is 32.9 Å². The summed E-state index contributed by atoms with van der Waals surface area (Å²) in [4.78, 5) is 30.1. The summed E-state index contributed by atoms with van der Waals surface area (Å²) in [6.45, 7) is 6.10. The first kappa shape index (κ1) is 20.9. The van der Waals surface area contributed by atoms with Gasteiger partial charge in [0.15, 0.2) is 5.82 Å². The lowest BCUT2D eigenvalue weighted by atomic mass is 9.96. The number of nitrogens with zero attached hydrogens (tertiary/aromatic N) is 3. The van der Waals surface area contributed by atoms with Crippen molar-refractivity contribution in [2.75, 3.05) is 13.7 Å². The molecule has 0 aliphatic heterocycles. The first-order valence-corrected chi connectivity index (χ1v) is 8.99. The fourth-order valence-electron chi connectivity index (χ4n) is 2.30. The summed E-state index contributed by atoms with van der Waals surface area (Å²) in [5, 5.41) is 4.56. The van der Waals surface area contributed by atoms with Crippen molar-refractivity contribution in [3.05, 3.63) is 46.6 Å². The molecule has 146 valence electrons. The molecule has 0 saturated heterocycles. The van der Waals surface area contributed by atoms with E-state index in [9.17, 15) is 9.59 Å². The molecule has 1 amide bonds. The Morgan fingerprint density at radius 1 is 1.22 bits per heavy atom. The first-order valence-electron chi connectivity index (χ1n) is 8.61. The predicted molar refractivity (Wildman–Crippen MR) is 100 cm³/mol. The molecule has 27 heavy (non-hydrogen) atoms. The number of ether oxygens (including phenoxy) is 1. The lowest BCUT2D eigenvalue weighted by Crippen LogP contribution is -2.35. The Morgan fingerprint density at radius 3 is 2.44 bits per heavy atom. The average Bonchev–Trinajstić information content (AvgIpc) is 3.10. The summed E-state index contributed by atoms with van der Waals surface area (Å²) < 4.78 is 9.91. The van der Waals surface area contributed by atoms with Gasteiger partial charge in [-0.3, -0.25) is 9.59 Å². The number of esters is 1. The minimum Gasteiger partial charge on any atom is -0.468 e. The summed E-state index contributed by atoms with van der Waals surface area (Å²) >= 11 is 5.89. The second kappa shape index (κ2) is 8.99. The summed E-state index contributed by atoms with van der Waals surface area (Å²) in [6, 6.07) is 7.11. The molecule has 1 aromatic heterocycles. The zero-order chi connectivity index (χ0) is 20.0. The molecule has 0 N–H and O–H groups in total. The third-order valence-electron chi connectivity index (χ3n) is 3.88. The van der Waals surface area contributed by atoms with Crippen molar-refractivity contribution in [3.8, 4) is 0 Å². The van der Waals surface area contributed by atoms with Gasteiger partial charge >= 0.3 is 5.97 Å². The number of carbonyl (C=O) groups is 2. The highest BCUT2D eigenvalue weighted by Gasteiger charge is 2.22. The van der Waals surface area contributed by atoms with Crippen LogP contribution in [-0.4, -0.2) is 40.6 Å². The molecule has 2 aromatic rings. The highest BCUT2D eigenvalue weighted by atomic mass is 35.5. The molecule has 1 heterocycles. The van der Waals surface area contributed by atoms with Gasteiger partial charge in [0.05, 0.1) is 7.11 Å². The summed E-state index contributed by atoms with van der Waals surface area (Å²) in [5.74, 6) is 0.311. The maximum atomic E-state index is 12.6. The number of aryl methyl sites for hydroxylation is 1. The minimum atomic E-state index is -0.481. The molecule has 0 spiro atoms. The number of carbonyl (C=O) groups excluding carboxylic acids is 2. The number of hydrogen-bond donors (Lipinski definition) is 0. The van der Waals surface area contributed by atoms with Gasteiger partial charge in [-0.1, -0.05) is 49.7 Å². The van der Waals surface area contributed by atoms with Crippen LogP contribution in [0.25, 0.3) is 0 Å². The number of methoxy groups -OCH3 is 1. The Balaban J connectivity index is 2.03. The molecule has 8 heteroatoms. The predicted octanol–water partition coefficient (Wildman–Crippen LogP) is 3.15. The van der Waals surface area contributed by atoms with E-state index in [1.54, 1.807) is 12.1 Å². The van der Waals surface area contributed by atoms with Gasteiger partial charge in [0.1, 0.15) is 6.54 Å². The molecule has 0 aliphatic rings. The number of benzene rings is 1. The van der Waals surface area contributed by atoms with E-state index >= 15 is 0 Å². The quantitative estimate of drug-likeness (QED) is 0.671. The lowest BCUT2D eigenvalue weighted by Gasteiger charge is -2.21. The van der Waals surface area contributed by atoms with Crippen molar-refractivity contribution in [1.82, 2.24) is 15.0 Å². The molecule has 7 nitrogen and oxygen atoms in total. The molecule has 0 unspecified atom stereocenters. The monoisotopic (exact) mass is 393 g/mol. The first-order chi connectivity index (χ1) is 12.7. The number of rotatable bonds is 7. The Labute approximate surface area is 163 Å². The van der Waals surface area contributed by atoms with Crippen LogP contribution in [0.4, 0.5) is 0 Å². The third kappa shape index (κ3) is 6.36. The van der Waals surface area contributed by atoms with Gasteiger partial charge in [-0.15, -0.1) is 0 Å². The van der Waals surface area contributed by atoms with Gasteiger partial charge in [0, 0.05) is 29.8 Å². The zero-order valence-electron chi connectivity index (χ0n) is 16.0. The molecule has 2 rings (SSSR count). The van der Waals surface area contributed by atoms with Crippen LogP contribution in [0.2, 0.25) is 5.02 Å². The van der Waals surface area contributed by atoms with Crippen LogP contribution in [-0.2, 0) is 32.7 Å². The standard InChI is InChI=1S/C19H24ClN3O4/c1-19(2,3)18-21-15(27-22-18)9-10-16(24)23(12-17(25)26-4)11-13-5-7-14(20)8-6-13/h5-8H,9-12H2,1-4H3. The topological polar surface area (TPSA) is 85.5 Å². The van der Waals surface area contributed by atoms with Gasteiger partial charge < -0.3 is 14.2 Å². The largest absolute Gasteiger partial charge is 0.468 e. The highest BCUT2D eigenvalue weighted by molar-refractivity contribution is 6.30. The van der Waals surface area contributed by atoms with Crippen molar-refractivity contribution in [2.45, 2.75) is 45.6 Å². The molecule has 0 saturated carbocycles. The van der Waals surface area contributed by atoms with Crippen molar-refractivity contribution in [3.63, 3.8) is 0 Å². The van der Waals surface area contributed by atoms with E-state index in [1.165, 1.54) is 12.0 Å². The van der Waals surface area contributed by atoms with Gasteiger partial charge in [-0.2, -0.15) is 4.98 Å². The molecular formula is C19H24ClN3O4. The van der Waals surface area contributed by atoms with E-state index in [2.05, 4.69) is 10.1 Å². The minimum absolute atomic E-state index is 0.130. The number of aromatic nitrogens is 2. The molecular weight excluding hydrogens is 370 g/mol. The van der Waals surface area contributed by atoms with Crippen LogP contribution < -0.4 is 0 Å². The number of amides is 1. The molecule has 0 aliphatic carbocycles. The third-order valence-corrected chi connectivity index (χ3v) is 4.13. The van der Waals surface area contributed by atoms with Crippen LogP contribution in [0.5, 0.6) is 0 Å². The Hall–Kier alpha value is -2.41. The maximum Gasteiger partial charge on any atom is 0.325 e. The Bertz CT molecular complexity index is 781. The van der Waals surface area contributed by atoms with Crippen LogP contribution in [0, 0.1) is 0 Å². The van der Waals surface area contributed by atoms with Crippen molar-refractivity contribution in [1.29, 1.82) is 0 Å². The number of halogens is 1. The maximum absolute atomic E-state index is 12.6. The van der Waals surface area contributed by atoms with Crippen molar-refractivity contribution < 1.29 is 18.8 Å². The normalized spacial score (nSPS) is 11.3. The number of hydrogen-bond acceptors (Lipinski definition) is 6. The zero-order valence-corrected chi connectivity index (χ0v) is 16.7. The lowest BCUT2D eigenvalue weighted by molar-refractivity contribution is -0.147. The van der Waals surface area contributed by atoms with E-state index in [0.717, 1.165) is 5.56 Å². The molecule has 0 radical (unpaired) electrons. The van der Waals surface area contributed by atoms with Crippen LogP contribution in [0.1, 0.15) is 44.5 Å². The van der Waals surface area contributed by atoms with Gasteiger partial charge in [0.2, 0.25) is 11.8 Å². The molecule has 0 bridgehead atoms. The van der Waals surface area contributed by atoms with Gasteiger partial charge in [-0.25, -0.2) is 0 Å². The van der Waals surface area contributed by atoms with E-state index in [4.69, 9.17) is 20.9 Å². The van der Waals surface area contributed by atoms with E-state index in [-0.39, 0.29) is 30.8 Å². The van der Waals surface area contributed by atoms with E-state index in [0.29, 0.717) is 23.2 Å². The highest BCUT2D eigenvalue weighted by Crippen LogP contribution is 2.19. The average molecular weight is 394 g/mol. The molecule has 1 aromatic carbocycles. The van der Waals surface area contributed by atoms with Crippen molar-refractivity contribution in [2.24, 2.45) is 0 Å². The SMILES string of the molecule is COC(=O)CN(Cc1ccc(Cl)cc1)C(=O)CCc1nc(C(C)(C)C)no1. The van der Waals surface area contributed by atoms with Crippen LogP contribution >= 0.6 is 11.6 Å². The smallest absolute Gasteiger partial charge is 0.325 e. The summed E-state index contributed by atoms with van der Waals surface area (Å²) in [7, 11) is 1.29. The van der Waals surface area contributed by atoms with Crippen molar-refractivity contribution >= 4 is 23.5 Å². The van der Waals surface area contributed by atoms with Gasteiger partial charge in [0.25, 0.3) is 0 Å². The fraction of sp³-hybridized carbons (Fsp3) is 0.474. The molecule has 0 fully saturated rings. The van der Waals surface area contributed by atoms with Crippen LogP contribution in [0.3, 0.4) is 0 Å². The Kier molecular flexibility index (Phi) is 6.96. The Morgan fingerprint density at radius 2 is 1.89 bits per heavy atom. The fourth-order valence-corrected chi connectivity index (χ4v) is 2.42. The second-order valence-electron chi connectivity index (χ2n) is 7.21. The summed E-state index contributed by atoms with van der Waals surface area (Å²) in [5.41, 5.74) is 0.640. The van der Waals surface area contributed by atoms with E-state index < -0.39 is 5.97 Å². The van der Waals surface area contributed by atoms with Crippen LogP contribution in [0.15, 0.2) is 28.8 Å².